The van der Waals surface area contributed by atoms with Crippen LogP contribution in [0.25, 0.3) is 11.1 Å². The zero-order valence-electron chi connectivity index (χ0n) is 22.4. The molecule has 202 valence electrons. The normalized spacial score (nSPS) is 23.3. The molecule has 2 aromatic carbocycles. The monoisotopic (exact) mass is 528 g/mol. The van der Waals surface area contributed by atoms with E-state index >= 15 is 0 Å². The highest BCUT2D eigenvalue weighted by molar-refractivity contribution is 7.89. The van der Waals surface area contributed by atoms with Crippen LogP contribution in [0, 0.1) is 18.8 Å². The fourth-order valence-corrected chi connectivity index (χ4v) is 7.22. The van der Waals surface area contributed by atoms with Crippen molar-refractivity contribution in [2.45, 2.75) is 69.9 Å². The molecule has 4 rings (SSSR count). The van der Waals surface area contributed by atoms with E-state index in [1.165, 1.54) is 10.7 Å². The van der Waals surface area contributed by atoms with E-state index in [0.29, 0.717) is 6.54 Å². The van der Waals surface area contributed by atoms with Crippen molar-refractivity contribution in [3.63, 3.8) is 0 Å². The molecule has 0 radical (unpaired) electrons. The highest BCUT2D eigenvalue weighted by Crippen LogP contribution is 2.37. The van der Waals surface area contributed by atoms with Crippen molar-refractivity contribution >= 4 is 15.9 Å². The van der Waals surface area contributed by atoms with Crippen molar-refractivity contribution in [1.29, 1.82) is 0 Å². The Bertz CT molecular complexity index is 1190. The molecular weight excluding hydrogens is 488 g/mol. The molecular formula is C29H40N2O5S. The first-order valence-corrected chi connectivity index (χ1v) is 14.8. The van der Waals surface area contributed by atoms with Crippen molar-refractivity contribution in [3.8, 4) is 16.9 Å². The summed E-state index contributed by atoms with van der Waals surface area (Å²) < 4.78 is 35.3. The summed E-state index contributed by atoms with van der Waals surface area (Å²) in [5.74, 6) is 0.263. The fourth-order valence-electron chi connectivity index (χ4n) is 5.39. The maximum atomic E-state index is 13.7. The number of rotatable bonds is 6. The number of aryl methyl sites for hydroxylation is 1. The van der Waals surface area contributed by atoms with Gasteiger partial charge in [0.05, 0.1) is 13.2 Å². The number of hydrogen-bond donors (Lipinski definition) is 1. The standard InChI is InChI=1S/C29H40N2O5S/c1-20-10-12-23(13-11-20)25-14-15-28-26(16-25)36-27(18-30(4)29(33)24-8-6-5-7-9-24)21(2)17-31(22(3)19-32)37(28,34)35/h10-16,21-22,24,27,32H,5-9,17-19H2,1-4H3/t21-,22+,27+/m0/s1. The van der Waals surface area contributed by atoms with Gasteiger partial charge >= 0.3 is 0 Å². The van der Waals surface area contributed by atoms with E-state index in [0.717, 1.165) is 42.4 Å². The molecule has 0 unspecified atom stereocenters. The van der Waals surface area contributed by atoms with Gasteiger partial charge < -0.3 is 14.7 Å². The second-order valence-electron chi connectivity index (χ2n) is 10.8. The molecule has 1 aliphatic carbocycles. The van der Waals surface area contributed by atoms with Crippen LogP contribution in [0.15, 0.2) is 47.4 Å². The summed E-state index contributed by atoms with van der Waals surface area (Å²) in [6.07, 6.45) is 4.79. The topological polar surface area (TPSA) is 87.2 Å². The summed E-state index contributed by atoms with van der Waals surface area (Å²) in [4.78, 5) is 15.0. The molecule has 3 atom stereocenters. The number of benzene rings is 2. The Kier molecular flexibility index (Phi) is 8.61. The summed E-state index contributed by atoms with van der Waals surface area (Å²) >= 11 is 0. The van der Waals surface area contributed by atoms with Crippen LogP contribution in [0.2, 0.25) is 0 Å². The zero-order chi connectivity index (χ0) is 26.7. The van der Waals surface area contributed by atoms with Crippen LogP contribution in [0.3, 0.4) is 0 Å². The van der Waals surface area contributed by atoms with E-state index in [1.807, 2.05) is 45.2 Å². The van der Waals surface area contributed by atoms with Crippen molar-refractivity contribution in [1.82, 2.24) is 9.21 Å². The van der Waals surface area contributed by atoms with E-state index in [2.05, 4.69) is 0 Å². The molecule has 1 saturated carbocycles. The van der Waals surface area contributed by atoms with Crippen LogP contribution in [-0.4, -0.2) is 67.5 Å². The SMILES string of the molecule is Cc1ccc(-c2ccc3c(c2)O[C@H](CN(C)C(=O)C2CCCCC2)[C@@H](C)CN([C@H](C)CO)S3(=O)=O)cc1. The third-order valence-electron chi connectivity index (χ3n) is 7.84. The van der Waals surface area contributed by atoms with Gasteiger partial charge in [-0.05, 0) is 49.9 Å². The highest BCUT2D eigenvalue weighted by Gasteiger charge is 2.39. The summed E-state index contributed by atoms with van der Waals surface area (Å²) in [7, 11) is -2.09. The minimum Gasteiger partial charge on any atom is -0.487 e. The van der Waals surface area contributed by atoms with E-state index in [9.17, 15) is 18.3 Å². The molecule has 1 amide bonds. The number of nitrogens with zero attached hydrogens (tertiary/aromatic N) is 2. The number of carbonyl (C=O) groups is 1. The molecule has 1 N–H and O–H groups in total. The van der Waals surface area contributed by atoms with E-state index in [-0.39, 0.29) is 41.5 Å². The lowest BCUT2D eigenvalue weighted by Crippen LogP contribution is -2.50. The van der Waals surface area contributed by atoms with Crippen LogP contribution in [0.1, 0.15) is 51.5 Å². The highest BCUT2D eigenvalue weighted by atomic mass is 32.2. The summed E-state index contributed by atoms with van der Waals surface area (Å²) in [5.41, 5.74) is 2.96. The maximum absolute atomic E-state index is 13.7. The van der Waals surface area contributed by atoms with Crippen LogP contribution in [0.4, 0.5) is 0 Å². The molecule has 1 fully saturated rings. The van der Waals surface area contributed by atoms with Gasteiger partial charge in [-0.1, -0.05) is 62.1 Å². The van der Waals surface area contributed by atoms with Gasteiger partial charge in [-0.25, -0.2) is 8.42 Å². The van der Waals surface area contributed by atoms with E-state index < -0.39 is 22.2 Å². The average molecular weight is 529 g/mol. The van der Waals surface area contributed by atoms with Crippen LogP contribution >= 0.6 is 0 Å². The number of hydrogen-bond acceptors (Lipinski definition) is 5. The van der Waals surface area contributed by atoms with Gasteiger partial charge in [0.1, 0.15) is 16.7 Å². The molecule has 37 heavy (non-hydrogen) atoms. The van der Waals surface area contributed by atoms with E-state index in [4.69, 9.17) is 4.74 Å². The number of amides is 1. The third-order valence-corrected chi connectivity index (χ3v) is 9.86. The zero-order valence-corrected chi connectivity index (χ0v) is 23.2. The molecule has 8 heteroatoms. The molecule has 2 aliphatic rings. The lowest BCUT2D eigenvalue weighted by molar-refractivity contribution is -0.136. The Morgan fingerprint density at radius 3 is 2.41 bits per heavy atom. The molecule has 0 saturated heterocycles. The van der Waals surface area contributed by atoms with Gasteiger partial charge in [-0.15, -0.1) is 0 Å². The van der Waals surface area contributed by atoms with E-state index in [1.54, 1.807) is 30.0 Å². The fraction of sp³-hybridized carbons (Fsp3) is 0.552. The Morgan fingerprint density at radius 1 is 1.11 bits per heavy atom. The quantitative estimate of drug-likeness (QED) is 0.598. The first-order chi connectivity index (χ1) is 17.6. The average Bonchev–Trinajstić information content (AvgIpc) is 2.90. The van der Waals surface area contributed by atoms with Gasteiger partial charge in [0.25, 0.3) is 0 Å². The lowest BCUT2D eigenvalue weighted by Gasteiger charge is -2.38. The van der Waals surface area contributed by atoms with Gasteiger partial charge in [-0.2, -0.15) is 4.31 Å². The van der Waals surface area contributed by atoms with Crippen LogP contribution in [-0.2, 0) is 14.8 Å². The first-order valence-electron chi connectivity index (χ1n) is 13.4. The lowest BCUT2D eigenvalue weighted by atomic mass is 9.88. The second kappa shape index (κ2) is 11.5. The van der Waals surface area contributed by atoms with Crippen molar-refractivity contribution < 1.29 is 23.1 Å². The third kappa shape index (κ3) is 6.02. The smallest absolute Gasteiger partial charge is 0.247 e. The van der Waals surface area contributed by atoms with Gasteiger partial charge in [0, 0.05) is 31.5 Å². The van der Waals surface area contributed by atoms with Crippen molar-refractivity contribution in [2.75, 3.05) is 26.7 Å². The van der Waals surface area contributed by atoms with Crippen molar-refractivity contribution in [2.24, 2.45) is 11.8 Å². The largest absolute Gasteiger partial charge is 0.487 e. The predicted octanol–water partition coefficient (Wildman–Crippen LogP) is 4.47. The first kappa shape index (κ1) is 27.6. The minimum atomic E-state index is -3.91. The summed E-state index contributed by atoms with van der Waals surface area (Å²) in [6, 6.07) is 12.6. The Hall–Kier alpha value is -2.42. The van der Waals surface area contributed by atoms with Crippen molar-refractivity contribution in [3.05, 3.63) is 48.0 Å². The number of carbonyl (C=O) groups excluding carboxylic acids is 1. The number of fused-ring (bicyclic) bond motifs is 1. The molecule has 7 nitrogen and oxygen atoms in total. The number of aliphatic hydroxyl groups excluding tert-OH is 1. The Balaban J connectivity index is 1.71. The number of ether oxygens (including phenoxy) is 1. The number of aliphatic hydroxyl groups is 1. The summed E-state index contributed by atoms with van der Waals surface area (Å²) in [5, 5.41) is 9.87. The molecule has 0 aromatic heterocycles. The molecule has 2 aromatic rings. The molecule has 0 bridgehead atoms. The van der Waals surface area contributed by atoms with Gasteiger partial charge in [-0.3, -0.25) is 4.79 Å². The molecule has 1 aliphatic heterocycles. The summed E-state index contributed by atoms with van der Waals surface area (Å²) in [6.45, 7) is 5.96. The van der Waals surface area contributed by atoms with Crippen LogP contribution < -0.4 is 4.74 Å². The minimum absolute atomic E-state index is 0.0503. The Labute approximate surface area is 221 Å². The number of sulfonamides is 1. The predicted molar refractivity (Wildman–Crippen MR) is 145 cm³/mol. The van der Waals surface area contributed by atoms with Gasteiger partial charge in [0.2, 0.25) is 15.9 Å². The Morgan fingerprint density at radius 2 is 1.76 bits per heavy atom. The maximum Gasteiger partial charge on any atom is 0.247 e. The molecule has 1 heterocycles. The van der Waals surface area contributed by atoms with Gasteiger partial charge in [0.15, 0.2) is 0 Å². The number of likely N-dealkylation sites (N-methyl/N-ethyl adjacent to an activating group) is 1. The van der Waals surface area contributed by atoms with Crippen LogP contribution in [0.5, 0.6) is 5.75 Å². The molecule has 0 spiro atoms. The second-order valence-corrected chi connectivity index (χ2v) is 12.7.